The topological polar surface area (TPSA) is 40.5 Å². The van der Waals surface area contributed by atoms with E-state index in [9.17, 15) is 10.2 Å². The molecule has 0 radical (unpaired) electrons. The molecule has 22 heavy (non-hydrogen) atoms. The molecule has 5 rings (SSSR count). The zero-order chi connectivity index (χ0) is 14.8. The van der Waals surface area contributed by atoms with E-state index in [0.717, 1.165) is 37.7 Å². The van der Waals surface area contributed by atoms with E-state index in [0.29, 0.717) is 5.39 Å². The molecule has 0 bridgehead atoms. The van der Waals surface area contributed by atoms with Crippen molar-refractivity contribution < 1.29 is 10.2 Å². The monoisotopic (exact) mass is 284 g/mol. The van der Waals surface area contributed by atoms with Crippen molar-refractivity contribution >= 4 is 43.1 Å². The lowest BCUT2D eigenvalue weighted by molar-refractivity contribution is 0.475. The van der Waals surface area contributed by atoms with Crippen LogP contribution in [0.2, 0.25) is 0 Å². The van der Waals surface area contributed by atoms with Crippen molar-refractivity contribution in [3.8, 4) is 11.5 Å². The second-order valence-corrected chi connectivity index (χ2v) is 5.76. The van der Waals surface area contributed by atoms with Gasteiger partial charge in [-0.3, -0.25) is 0 Å². The molecule has 0 saturated heterocycles. The van der Waals surface area contributed by atoms with Gasteiger partial charge in [0.05, 0.1) is 0 Å². The number of hydrogen-bond donors (Lipinski definition) is 2. The first-order chi connectivity index (χ1) is 10.7. The first kappa shape index (κ1) is 11.6. The third kappa shape index (κ3) is 1.29. The zero-order valence-electron chi connectivity index (χ0n) is 11.7. The molecule has 0 aliphatic carbocycles. The van der Waals surface area contributed by atoms with E-state index in [1.165, 1.54) is 0 Å². The Bertz CT molecular complexity index is 1190. The van der Waals surface area contributed by atoms with Crippen LogP contribution in [-0.4, -0.2) is 10.2 Å². The number of fused-ring (bicyclic) bond motifs is 2. The molecule has 0 fully saturated rings. The molecule has 2 heteroatoms. The van der Waals surface area contributed by atoms with Gasteiger partial charge in [0.15, 0.2) is 0 Å². The summed E-state index contributed by atoms with van der Waals surface area (Å²) in [5, 5.41) is 28.6. The van der Waals surface area contributed by atoms with Gasteiger partial charge < -0.3 is 10.2 Å². The molecule has 0 amide bonds. The Kier molecular flexibility index (Phi) is 2.01. The molecule has 0 saturated carbocycles. The molecule has 0 aliphatic rings. The summed E-state index contributed by atoms with van der Waals surface area (Å²) in [5.41, 5.74) is 0. The van der Waals surface area contributed by atoms with Gasteiger partial charge in [0.2, 0.25) is 0 Å². The highest BCUT2D eigenvalue weighted by Crippen LogP contribution is 2.44. The normalized spacial score (nSPS) is 12.0. The Labute approximate surface area is 126 Å². The van der Waals surface area contributed by atoms with Crippen molar-refractivity contribution in [3.05, 3.63) is 60.7 Å². The first-order valence-electron chi connectivity index (χ1n) is 7.25. The Hall–Kier alpha value is -3.00. The number of phenolic OH excluding ortho intramolecular Hbond substituents is 2. The summed E-state index contributed by atoms with van der Waals surface area (Å²) in [5.74, 6) is 0.405. The van der Waals surface area contributed by atoms with E-state index in [1.807, 2.05) is 24.3 Å². The molecule has 104 valence electrons. The van der Waals surface area contributed by atoms with E-state index in [-0.39, 0.29) is 11.5 Å². The van der Waals surface area contributed by atoms with Crippen LogP contribution >= 0.6 is 0 Å². The highest BCUT2D eigenvalue weighted by Gasteiger charge is 2.15. The molecule has 0 aliphatic heterocycles. The highest BCUT2D eigenvalue weighted by atomic mass is 16.3. The van der Waals surface area contributed by atoms with Gasteiger partial charge in [-0.25, -0.2) is 0 Å². The number of hydrogen-bond acceptors (Lipinski definition) is 2. The summed E-state index contributed by atoms with van der Waals surface area (Å²) in [4.78, 5) is 0. The summed E-state index contributed by atoms with van der Waals surface area (Å²) in [6.07, 6.45) is 0. The van der Waals surface area contributed by atoms with Crippen LogP contribution in [0.5, 0.6) is 11.5 Å². The fourth-order valence-corrected chi connectivity index (χ4v) is 3.60. The first-order valence-corrected chi connectivity index (χ1v) is 7.25. The van der Waals surface area contributed by atoms with Gasteiger partial charge in [0.25, 0.3) is 0 Å². The summed E-state index contributed by atoms with van der Waals surface area (Å²) < 4.78 is 0. The zero-order valence-corrected chi connectivity index (χ0v) is 11.7. The van der Waals surface area contributed by atoms with Gasteiger partial charge in [0, 0.05) is 21.5 Å². The number of rotatable bonds is 0. The van der Waals surface area contributed by atoms with Crippen molar-refractivity contribution in [1.82, 2.24) is 0 Å². The lowest BCUT2D eigenvalue weighted by Gasteiger charge is -2.15. The predicted molar refractivity (Wildman–Crippen MR) is 91.0 cm³/mol. The molecule has 5 aromatic rings. The standard InChI is InChI=1S/C20H12O2/c21-17-8-6-11-5-7-14-13-4-2-1-3-12(13)9-15-18(22)10-16(17)19(11)20(14)15/h1-10,21-22H. The van der Waals surface area contributed by atoms with Crippen LogP contribution in [0, 0.1) is 0 Å². The van der Waals surface area contributed by atoms with Gasteiger partial charge in [-0.05, 0) is 39.7 Å². The van der Waals surface area contributed by atoms with E-state index in [2.05, 4.69) is 24.3 Å². The minimum Gasteiger partial charge on any atom is -0.507 e. The summed E-state index contributed by atoms with van der Waals surface area (Å²) in [6, 6.07) is 19.6. The maximum atomic E-state index is 10.5. The van der Waals surface area contributed by atoms with Crippen molar-refractivity contribution in [2.75, 3.05) is 0 Å². The second kappa shape index (κ2) is 3.80. The van der Waals surface area contributed by atoms with Gasteiger partial charge in [-0.1, -0.05) is 42.5 Å². The van der Waals surface area contributed by atoms with Gasteiger partial charge in [-0.15, -0.1) is 0 Å². The smallest absolute Gasteiger partial charge is 0.124 e. The molecule has 0 atom stereocenters. The van der Waals surface area contributed by atoms with Gasteiger partial charge >= 0.3 is 0 Å². The maximum Gasteiger partial charge on any atom is 0.124 e. The van der Waals surface area contributed by atoms with Crippen LogP contribution in [-0.2, 0) is 0 Å². The molecular formula is C20H12O2. The number of benzene rings is 5. The minimum absolute atomic E-state index is 0.199. The quantitative estimate of drug-likeness (QED) is 0.305. The second-order valence-electron chi connectivity index (χ2n) is 5.76. The van der Waals surface area contributed by atoms with Crippen LogP contribution in [0.4, 0.5) is 0 Å². The average Bonchev–Trinajstić information content (AvgIpc) is 2.55. The average molecular weight is 284 g/mol. The predicted octanol–water partition coefficient (Wildman–Crippen LogP) is 5.15. The van der Waals surface area contributed by atoms with Crippen LogP contribution in [0.3, 0.4) is 0 Å². The fraction of sp³-hybridized carbons (Fsp3) is 0. The number of aromatic hydroxyl groups is 2. The summed E-state index contributed by atoms with van der Waals surface area (Å²) in [7, 11) is 0. The van der Waals surface area contributed by atoms with Crippen molar-refractivity contribution in [2.24, 2.45) is 0 Å². The lowest BCUT2D eigenvalue weighted by Crippen LogP contribution is -1.86. The molecule has 0 spiro atoms. The molecule has 2 N–H and O–H groups in total. The highest BCUT2D eigenvalue weighted by molar-refractivity contribution is 6.30. The molecule has 5 aromatic carbocycles. The van der Waals surface area contributed by atoms with Crippen LogP contribution in [0.1, 0.15) is 0 Å². The Morgan fingerprint density at radius 1 is 0.500 bits per heavy atom. The SMILES string of the molecule is Oc1ccc2ccc3c4ccccc4cc4c(O)cc1c2c43. The molecule has 0 heterocycles. The van der Waals surface area contributed by atoms with Crippen LogP contribution in [0.15, 0.2) is 60.7 Å². The van der Waals surface area contributed by atoms with Crippen molar-refractivity contribution in [2.45, 2.75) is 0 Å². The molecule has 0 unspecified atom stereocenters. The van der Waals surface area contributed by atoms with E-state index in [4.69, 9.17) is 0 Å². The Morgan fingerprint density at radius 2 is 1.27 bits per heavy atom. The van der Waals surface area contributed by atoms with Gasteiger partial charge in [0.1, 0.15) is 11.5 Å². The van der Waals surface area contributed by atoms with Crippen LogP contribution in [0.25, 0.3) is 43.1 Å². The van der Waals surface area contributed by atoms with E-state index < -0.39 is 0 Å². The lowest BCUT2D eigenvalue weighted by atomic mass is 9.90. The molecule has 0 aromatic heterocycles. The number of phenols is 2. The summed E-state index contributed by atoms with van der Waals surface area (Å²) >= 11 is 0. The largest absolute Gasteiger partial charge is 0.507 e. The summed E-state index contributed by atoms with van der Waals surface area (Å²) in [6.45, 7) is 0. The van der Waals surface area contributed by atoms with E-state index >= 15 is 0 Å². The molecule has 2 nitrogen and oxygen atoms in total. The van der Waals surface area contributed by atoms with E-state index in [1.54, 1.807) is 12.1 Å². The Morgan fingerprint density at radius 3 is 2.18 bits per heavy atom. The minimum atomic E-state index is 0.199. The van der Waals surface area contributed by atoms with Crippen molar-refractivity contribution in [1.29, 1.82) is 0 Å². The van der Waals surface area contributed by atoms with Gasteiger partial charge in [-0.2, -0.15) is 0 Å². The molecular weight excluding hydrogens is 272 g/mol. The third-order valence-electron chi connectivity index (χ3n) is 4.58. The Balaban J connectivity index is 2.24. The fourth-order valence-electron chi connectivity index (χ4n) is 3.60. The van der Waals surface area contributed by atoms with Crippen LogP contribution < -0.4 is 0 Å². The maximum absolute atomic E-state index is 10.5. The third-order valence-corrected chi connectivity index (χ3v) is 4.58. The van der Waals surface area contributed by atoms with Crippen molar-refractivity contribution in [3.63, 3.8) is 0 Å².